The van der Waals surface area contributed by atoms with E-state index in [4.69, 9.17) is 4.42 Å². The number of phenolic OH excluding ortho intramolecular Hbond substituents is 2. The topological polar surface area (TPSA) is 134 Å². The second-order valence-electron chi connectivity index (χ2n) is 7.93. The van der Waals surface area contributed by atoms with Crippen molar-refractivity contribution in [1.29, 1.82) is 0 Å². The van der Waals surface area contributed by atoms with Crippen molar-refractivity contribution < 1.29 is 31.5 Å². The molecule has 3 N–H and O–H groups in total. The van der Waals surface area contributed by atoms with Crippen LogP contribution in [0.25, 0.3) is 21.9 Å². The van der Waals surface area contributed by atoms with E-state index in [1.165, 1.54) is 60.7 Å². The minimum atomic E-state index is -4.06. The van der Waals surface area contributed by atoms with Gasteiger partial charge in [0.15, 0.2) is 9.84 Å². The third-order valence-electron chi connectivity index (χ3n) is 5.57. The summed E-state index contributed by atoms with van der Waals surface area (Å²) in [7, 11) is -7.87. The van der Waals surface area contributed by atoms with Gasteiger partial charge in [-0.2, -0.15) is 0 Å². The summed E-state index contributed by atoms with van der Waals surface area (Å²) < 4.78 is 60.1. The minimum absolute atomic E-state index is 0.0107. The van der Waals surface area contributed by atoms with Crippen molar-refractivity contribution in [2.75, 3.05) is 4.72 Å². The van der Waals surface area contributed by atoms with Gasteiger partial charge in [0.1, 0.15) is 22.7 Å². The quantitative estimate of drug-likeness (QED) is 0.281. The molecule has 178 valence electrons. The van der Waals surface area contributed by atoms with Gasteiger partial charge in [-0.25, -0.2) is 16.8 Å². The summed E-state index contributed by atoms with van der Waals surface area (Å²) in [5, 5.41) is 20.7. The van der Waals surface area contributed by atoms with Gasteiger partial charge in [-0.3, -0.25) is 4.72 Å². The van der Waals surface area contributed by atoms with E-state index in [-0.39, 0.29) is 32.5 Å². The van der Waals surface area contributed by atoms with E-state index in [1.54, 1.807) is 24.3 Å². The molecule has 10 heteroatoms. The summed E-state index contributed by atoms with van der Waals surface area (Å²) in [6.45, 7) is 0. The summed E-state index contributed by atoms with van der Waals surface area (Å²) in [5.41, 5.74) is 1.08. The van der Waals surface area contributed by atoms with E-state index in [2.05, 4.69) is 4.72 Å². The smallest absolute Gasteiger partial charge is 0.262 e. The average Bonchev–Trinajstić information content (AvgIpc) is 3.19. The van der Waals surface area contributed by atoms with Gasteiger partial charge in [-0.15, -0.1) is 0 Å². The molecule has 1 aromatic heterocycles. The molecule has 5 aromatic rings. The SMILES string of the molecule is O=S(=O)(Cc1ccccc1O)c1ccc2oc3ccc(S(=O)(=O)Nc4ccccc4O)cc3c2c1. The third-order valence-corrected chi connectivity index (χ3v) is 8.59. The van der Waals surface area contributed by atoms with E-state index in [0.717, 1.165) is 0 Å². The molecule has 0 aliphatic heterocycles. The fourth-order valence-electron chi connectivity index (χ4n) is 3.78. The minimum Gasteiger partial charge on any atom is -0.508 e. The van der Waals surface area contributed by atoms with E-state index in [0.29, 0.717) is 21.9 Å². The number of anilines is 1. The first-order valence-electron chi connectivity index (χ1n) is 10.4. The number of rotatable bonds is 6. The summed E-state index contributed by atoms with van der Waals surface area (Å²) >= 11 is 0. The molecule has 0 saturated heterocycles. The molecule has 0 atom stereocenters. The molecule has 0 fully saturated rings. The molecule has 0 saturated carbocycles. The summed E-state index contributed by atoms with van der Waals surface area (Å²) in [6.07, 6.45) is 0. The molecular weight excluding hydrogens is 490 g/mol. The monoisotopic (exact) mass is 509 g/mol. The van der Waals surface area contributed by atoms with Crippen LogP contribution in [0.2, 0.25) is 0 Å². The van der Waals surface area contributed by atoms with Crippen molar-refractivity contribution in [2.45, 2.75) is 15.5 Å². The molecule has 35 heavy (non-hydrogen) atoms. The first-order valence-corrected chi connectivity index (χ1v) is 13.5. The Morgan fingerprint density at radius 1 is 0.686 bits per heavy atom. The molecule has 4 aromatic carbocycles. The van der Waals surface area contributed by atoms with Gasteiger partial charge in [0.2, 0.25) is 0 Å². The molecule has 0 radical (unpaired) electrons. The summed E-state index contributed by atoms with van der Waals surface area (Å²) in [5.74, 6) is -0.728. The first kappa shape index (κ1) is 22.8. The van der Waals surface area contributed by atoms with E-state index < -0.39 is 25.6 Å². The maximum absolute atomic E-state index is 13.0. The average molecular weight is 510 g/mol. The lowest BCUT2D eigenvalue weighted by atomic mass is 10.1. The van der Waals surface area contributed by atoms with Crippen LogP contribution in [0.5, 0.6) is 11.5 Å². The molecule has 5 rings (SSSR count). The Kier molecular flexibility index (Phi) is 5.42. The molecule has 0 aliphatic rings. The number of sulfone groups is 1. The Labute approximate surface area is 201 Å². The van der Waals surface area contributed by atoms with Gasteiger partial charge in [0.05, 0.1) is 21.2 Å². The first-order chi connectivity index (χ1) is 16.6. The Balaban J connectivity index is 1.57. The normalized spacial score (nSPS) is 12.2. The summed E-state index contributed by atoms with van der Waals surface area (Å²) in [6, 6.07) is 20.8. The summed E-state index contributed by atoms with van der Waals surface area (Å²) in [4.78, 5) is -0.0741. The highest BCUT2D eigenvalue weighted by molar-refractivity contribution is 7.92. The Hall–Kier alpha value is -4.02. The largest absolute Gasteiger partial charge is 0.508 e. The van der Waals surface area contributed by atoms with Crippen molar-refractivity contribution in [3.05, 3.63) is 90.5 Å². The van der Waals surface area contributed by atoms with Crippen molar-refractivity contribution >= 4 is 47.5 Å². The zero-order valence-electron chi connectivity index (χ0n) is 18.0. The van der Waals surface area contributed by atoms with E-state index in [1.807, 2.05) is 0 Å². The number of phenols is 2. The molecule has 0 unspecified atom stereocenters. The van der Waals surface area contributed by atoms with Crippen molar-refractivity contribution in [2.24, 2.45) is 0 Å². The number of furan rings is 1. The number of benzene rings is 4. The highest BCUT2D eigenvalue weighted by Gasteiger charge is 2.21. The Morgan fingerprint density at radius 2 is 1.26 bits per heavy atom. The lowest BCUT2D eigenvalue weighted by Crippen LogP contribution is -2.12. The van der Waals surface area contributed by atoms with Gasteiger partial charge in [-0.1, -0.05) is 30.3 Å². The van der Waals surface area contributed by atoms with Gasteiger partial charge < -0.3 is 14.6 Å². The zero-order chi connectivity index (χ0) is 24.8. The second-order valence-corrected chi connectivity index (χ2v) is 11.6. The molecule has 0 aliphatic carbocycles. The Morgan fingerprint density at radius 3 is 1.91 bits per heavy atom. The Bertz CT molecular complexity index is 1680. The van der Waals surface area contributed by atoms with Crippen LogP contribution in [0.1, 0.15) is 5.56 Å². The standard InChI is InChI=1S/C25H19NO7S2/c27-22-7-3-1-5-16(22)15-34(29,30)17-9-11-24-19(13-17)20-14-18(10-12-25(20)33-24)35(31,32)26-21-6-2-4-8-23(21)28/h1-14,26-28H,15H2. The lowest BCUT2D eigenvalue weighted by molar-refractivity contribution is 0.469. The van der Waals surface area contributed by atoms with Crippen LogP contribution < -0.4 is 4.72 Å². The maximum Gasteiger partial charge on any atom is 0.262 e. The molecule has 0 amide bonds. The van der Waals surface area contributed by atoms with Crippen molar-refractivity contribution in [3.63, 3.8) is 0 Å². The van der Waals surface area contributed by atoms with Gasteiger partial charge in [0, 0.05) is 16.3 Å². The van der Waals surface area contributed by atoms with Crippen LogP contribution in [0.4, 0.5) is 5.69 Å². The molecular formula is C25H19NO7S2. The number of fused-ring (bicyclic) bond motifs is 3. The number of aromatic hydroxyl groups is 2. The predicted molar refractivity (Wildman–Crippen MR) is 132 cm³/mol. The predicted octanol–water partition coefficient (Wildman–Crippen LogP) is 4.77. The number of hydrogen-bond donors (Lipinski definition) is 3. The van der Waals surface area contributed by atoms with Gasteiger partial charge in [0.25, 0.3) is 10.0 Å². The number of para-hydroxylation sites is 3. The number of hydrogen-bond acceptors (Lipinski definition) is 7. The lowest BCUT2D eigenvalue weighted by Gasteiger charge is -2.09. The van der Waals surface area contributed by atoms with Gasteiger partial charge in [-0.05, 0) is 54.6 Å². The highest BCUT2D eigenvalue weighted by Crippen LogP contribution is 2.34. The van der Waals surface area contributed by atoms with Crippen molar-refractivity contribution in [1.82, 2.24) is 0 Å². The van der Waals surface area contributed by atoms with Crippen LogP contribution in [0.3, 0.4) is 0 Å². The number of sulfonamides is 1. The van der Waals surface area contributed by atoms with E-state index in [9.17, 15) is 27.0 Å². The van der Waals surface area contributed by atoms with Crippen LogP contribution >= 0.6 is 0 Å². The molecule has 0 spiro atoms. The highest BCUT2D eigenvalue weighted by atomic mass is 32.2. The van der Waals surface area contributed by atoms with Crippen LogP contribution in [0, 0.1) is 0 Å². The van der Waals surface area contributed by atoms with Crippen LogP contribution in [-0.4, -0.2) is 27.0 Å². The number of nitrogens with one attached hydrogen (secondary N) is 1. The molecule has 1 heterocycles. The van der Waals surface area contributed by atoms with E-state index >= 15 is 0 Å². The maximum atomic E-state index is 13.0. The molecule has 8 nitrogen and oxygen atoms in total. The van der Waals surface area contributed by atoms with Crippen molar-refractivity contribution in [3.8, 4) is 11.5 Å². The fourth-order valence-corrected chi connectivity index (χ4v) is 6.27. The zero-order valence-corrected chi connectivity index (χ0v) is 19.7. The molecule has 0 bridgehead atoms. The van der Waals surface area contributed by atoms with Crippen LogP contribution in [0.15, 0.2) is 99.1 Å². The van der Waals surface area contributed by atoms with Crippen LogP contribution in [-0.2, 0) is 25.6 Å². The second kappa shape index (κ2) is 8.33. The van der Waals surface area contributed by atoms with Gasteiger partial charge >= 0.3 is 0 Å². The fraction of sp³-hybridized carbons (Fsp3) is 0.0400. The third kappa shape index (κ3) is 4.29.